The number of benzene rings is 2. The summed E-state index contributed by atoms with van der Waals surface area (Å²) in [5.74, 6) is 2.38. The number of ether oxygens (including phenoxy) is 2. The second-order valence-electron chi connectivity index (χ2n) is 6.57. The van der Waals surface area contributed by atoms with Crippen LogP contribution in [-0.2, 0) is 11.3 Å². The van der Waals surface area contributed by atoms with E-state index < -0.39 is 0 Å². The van der Waals surface area contributed by atoms with Crippen LogP contribution in [0.5, 0.6) is 5.75 Å². The topological polar surface area (TPSA) is 59.5 Å². The number of anilines is 2. The van der Waals surface area contributed by atoms with Gasteiger partial charge < -0.3 is 19.7 Å². The molecule has 1 fully saturated rings. The molecule has 1 aliphatic heterocycles. The number of hydrogen-bond acceptors (Lipinski definition) is 6. The Hall–Kier alpha value is -3.12. The molecule has 2 aromatic carbocycles. The van der Waals surface area contributed by atoms with Crippen molar-refractivity contribution in [2.24, 2.45) is 0 Å². The Bertz CT molecular complexity index is 911. The zero-order valence-electron chi connectivity index (χ0n) is 16.0. The standard InChI is InChI=1S/C22H24N4O2/c1-27-20-10-6-5-9-18(20)16-23-21-15-19(17-7-3-2-4-8-17)24-22(25-21)26-11-13-28-14-12-26/h2-10,15H,11-14,16H2,1H3,(H,23,24,25). The number of nitrogens with zero attached hydrogens (tertiary/aromatic N) is 3. The van der Waals surface area contributed by atoms with E-state index in [4.69, 9.17) is 19.4 Å². The molecule has 6 nitrogen and oxygen atoms in total. The molecule has 144 valence electrons. The molecule has 0 saturated carbocycles. The van der Waals surface area contributed by atoms with Crippen LogP contribution in [0.25, 0.3) is 11.3 Å². The van der Waals surface area contributed by atoms with Crippen LogP contribution in [0.2, 0.25) is 0 Å². The van der Waals surface area contributed by atoms with E-state index in [0.29, 0.717) is 19.8 Å². The van der Waals surface area contributed by atoms with Crippen molar-refractivity contribution in [1.82, 2.24) is 9.97 Å². The van der Waals surface area contributed by atoms with Gasteiger partial charge in [-0.3, -0.25) is 0 Å². The van der Waals surface area contributed by atoms with Crippen LogP contribution >= 0.6 is 0 Å². The summed E-state index contributed by atoms with van der Waals surface area (Å²) in [4.78, 5) is 11.7. The van der Waals surface area contributed by atoms with Crippen LogP contribution in [0, 0.1) is 0 Å². The Morgan fingerprint density at radius 1 is 1.00 bits per heavy atom. The zero-order valence-corrected chi connectivity index (χ0v) is 16.0. The molecule has 0 amide bonds. The molecule has 2 heterocycles. The summed E-state index contributed by atoms with van der Waals surface area (Å²) in [6.45, 7) is 3.61. The Kier molecular flexibility index (Phi) is 5.68. The second-order valence-corrected chi connectivity index (χ2v) is 6.57. The smallest absolute Gasteiger partial charge is 0.228 e. The molecule has 0 bridgehead atoms. The van der Waals surface area contributed by atoms with Crippen LogP contribution in [0.3, 0.4) is 0 Å². The molecule has 28 heavy (non-hydrogen) atoms. The van der Waals surface area contributed by atoms with Gasteiger partial charge in [0.15, 0.2) is 0 Å². The number of aromatic nitrogens is 2. The summed E-state index contributed by atoms with van der Waals surface area (Å²) in [5.41, 5.74) is 3.05. The number of morpholine rings is 1. The molecule has 0 atom stereocenters. The molecule has 0 spiro atoms. The van der Waals surface area contributed by atoms with E-state index in [2.05, 4.69) is 22.3 Å². The van der Waals surface area contributed by atoms with E-state index in [9.17, 15) is 0 Å². The quantitative estimate of drug-likeness (QED) is 0.709. The highest BCUT2D eigenvalue weighted by atomic mass is 16.5. The summed E-state index contributed by atoms with van der Waals surface area (Å²) < 4.78 is 10.9. The molecule has 1 aliphatic rings. The summed E-state index contributed by atoms with van der Waals surface area (Å²) in [5, 5.41) is 3.44. The minimum absolute atomic E-state index is 0.623. The van der Waals surface area contributed by atoms with E-state index >= 15 is 0 Å². The van der Waals surface area contributed by atoms with Crippen molar-refractivity contribution in [3.05, 3.63) is 66.2 Å². The number of hydrogen-bond donors (Lipinski definition) is 1. The van der Waals surface area contributed by atoms with Gasteiger partial charge in [-0.2, -0.15) is 4.98 Å². The van der Waals surface area contributed by atoms with Crippen molar-refractivity contribution < 1.29 is 9.47 Å². The predicted octanol–water partition coefficient (Wildman–Crippen LogP) is 3.60. The molecule has 6 heteroatoms. The maximum Gasteiger partial charge on any atom is 0.228 e. The maximum absolute atomic E-state index is 5.47. The van der Waals surface area contributed by atoms with E-state index in [1.54, 1.807) is 7.11 Å². The lowest BCUT2D eigenvalue weighted by atomic mass is 10.1. The van der Waals surface area contributed by atoms with Crippen molar-refractivity contribution in [1.29, 1.82) is 0 Å². The lowest BCUT2D eigenvalue weighted by molar-refractivity contribution is 0.122. The fraction of sp³-hybridized carbons (Fsp3) is 0.273. The van der Waals surface area contributed by atoms with Gasteiger partial charge in [-0.15, -0.1) is 0 Å². The normalized spacial score (nSPS) is 14.0. The van der Waals surface area contributed by atoms with Crippen molar-refractivity contribution in [2.45, 2.75) is 6.54 Å². The van der Waals surface area contributed by atoms with Gasteiger partial charge in [-0.05, 0) is 6.07 Å². The van der Waals surface area contributed by atoms with Gasteiger partial charge >= 0.3 is 0 Å². The molecule has 1 saturated heterocycles. The number of nitrogens with one attached hydrogen (secondary N) is 1. The van der Waals surface area contributed by atoms with Crippen LogP contribution in [0.4, 0.5) is 11.8 Å². The highest BCUT2D eigenvalue weighted by molar-refractivity contribution is 5.64. The molecular formula is C22H24N4O2. The molecule has 0 unspecified atom stereocenters. The Balaban J connectivity index is 1.63. The van der Waals surface area contributed by atoms with Gasteiger partial charge in [0.25, 0.3) is 0 Å². The second kappa shape index (κ2) is 8.71. The number of methoxy groups -OCH3 is 1. The average molecular weight is 376 g/mol. The zero-order chi connectivity index (χ0) is 19.2. The fourth-order valence-electron chi connectivity index (χ4n) is 3.22. The first kappa shape index (κ1) is 18.3. The summed E-state index contributed by atoms with van der Waals surface area (Å²) in [6, 6.07) is 20.2. The van der Waals surface area contributed by atoms with E-state index in [-0.39, 0.29) is 0 Å². The van der Waals surface area contributed by atoms with Gasteiger partial charge in [0.2, 0.25) is 5.95 Å². The van der Waals surface area contributed by atoms with E-state index in [1.165, 1.54) is 0 Å². The molecule has 0 aliphatic carbocycles. The first-order valence-corrected chi connectivity index (χ1v) is 9.46. The lowest BCUT2D eigenvalue weighted by Crippen LogP contribution is -2.37. The fourth-order valence-corrected chi connectivity index (χ4v) is 3.22. The monoisotopic (exact) mass is 376 g/mol. The molecular weight excluding hydrogens is 352 g/mol. The van der Waals surface area contributed by atoms with Crippen LogP contribution in [0.15, 0.2) is 60.7 Å². The first-order valence-electron chi connectivity index (χ1n) is 9.46. The SMILES string of the molecule is COc1ccccc1CNc1cc(-c2ccccc2)nc(N2CCOCC2)n1. The highest BCUT2D eigenvalue weighted by Gasteiger charge is 2.16. The Morgan fingerprint density at radius 3 is 2.54 bits per heavy atom. The third kappa shape index (κ3) is 4.23. The Morgan fingerprint density at radius 2 is 1.75 bits per heavy atom. The van der Waals surface area contributed by atoms with Crippen LogP contribution < -0.4 is 15.0 Å². The van der Waals surface area contributed by atoms with Gasteiger partial charge in [0.1, 0.15) is 11.6 Å². The molecule has 1 N–H and O–H groups in total. The van der Waals surface area contributed by atoms with Crippen LogP contribution in [0.1, 0.15) is 5.56 Å². The van der Waals surface area contributed by atoms with Crippen LogP contribution in [-0.4, -0.2) is 43.4 Å². The summed E-state index contributed by atoms with van der Waals surface area (Å²) >= 11 is 0. The van der Waals surface area contributed by atoms with E-state index in [1.807, 2.05) is 48.5 Å². The minimum Gasteiger partial charge on any atom is -0.496 e. The number of para-hydroxylation sites is 1. The molecule has 0 radical (unpaired) electrons. The van der Waals surface area contributed by atoms with Gasteiger partial charge in [0.05, 0.1) is 26.0 Å². The minimum atomic E-state index is 0.623. The maximum atomic E-state index is 5.47. The van der Waals surface area contributed by atoms with Gasteiger partial charge in [-0.1, -0.05) is 48.5 Å². The highest BCUT2D eigenvalue weighted by Crippen LogP contribution is 2.25. The van der Waals surface area contributed by atoms with Crippen molar-refractivity contribution in [2.75, 3.05) is 43.6 Å². The van der Waals surface area contributed by atoms with E-state index in [0.717, 1.165) is 47.4 Å². The molecule has 3 aromatic rings. The third-order valence-electron chi connectivity index (χ3n) is 4.73. The predicted molar refractivity (Wildman–Crippen MR) is 111 cm³/mol. The van der Waals surface area contributed by atoms with Gasteiger partial charge in [0, 0.05) is 36.8 Å². The molecule has 4 rings (SSSR count). The average Bonchev–Trinajstić information content (AvgIpc) is 2.79. The lowest BCUT2D eigenvalue weighted by Gasteiger charge is -2.27. The van der Waals surface area contributed by atoms with Crippen molar-refractivity contribution in [3.63, 3.8) is 0 Å². The third-order valence-corrected chi connectivity index (χ3v) is 4.73. The number of rotatable bonds is 6. The largest absolute Gasteiger partial charge is 0.496 e. The first-order chi connectivity index (χ1) is 13.8. The Labute approximate surface area is 165 Å². The van der Waals surface area contributed by atoms with Crippen molar-refractivity contribution >= 4 is 11.8 Å². The summed E-state index contributed by atoms with van der Waals surface area (Å²) in [6.07, 6.45) is 0. The van der Waals surface area contributed by atoms with Crippen molar-refractivity contribution in [3.8, 4) is 17.0 Å². The molecule has 1 aromatic heterocycles. The summed E-state index contributed by atoms with van der Waals surface area (Å²) in [7, 11) is 1.69. The van der Waals surface area contributed by atoms with Gasteiger partial charge in [-0.25, -0.2) is 4.98 Å².